The molecular formula is C16H16ClN3O4. The molecule has 0 bridgehead atoms. The molecule has 0 unspecified atom stereocenters. The smallest absolute Gasteiger partial charge is 0.338 e. The maximum Gasteiger partial charge on any atom is 0.338 e. The van der Waals surface area contributed by atoms with Crippen LogP contribution in [0.1, 0.15) is 0 Å². The number of primary amides is 1. The molecule has 0 atom stereocenters. The topological polar surface area (TPSA) is 93.9 Å². The Hall–Kier alpha value is -2.93. The third-order valence-corrected chi connectivity index (χ3v) is 3.22. The van der Waals surface area contributed by atoms with E-state index >= 15 is 0 Å². The van der Waals surface area contributed by atoms with Crippen LogP contribution in [-0.2, 0) is 4.79 Å². The summed E-state index contributed by atoms with van der Waals surface area (Å²) in [5.41, 5.74) is 8.03. The molecule has 0 heterocycles. The maximum absolute atomic E-state index is 12.0. The van der Waals surface area contributed by atoms with Crippen molar-refractivity contribution in [2.45, 2.75) is 0 Å². The first-order chi connectivity index (χ1) is 11.5. The number of anilines is 1. The van der Waals surface area contributed by atoms with E-state index in [0.29, 0.717) is 22.2 Å². The van der Waals surface area contributed by atoms with Crippen molar-refractivity contribution >= 4 is 29.2 Å². The van der Waals surface area contributed by atoms with Crippen molar-refractivity contribution in [3.8, 4) is 11.5 Å². The number of nitrogens with zero attached hydrogens (tertiary/aromatic N) is 1. The molecule has 0 aliphatic carbocycles. The number of amides is 3. The second kappa shape index (κ2) is 8.07. The van der Waals surface area contributed by atoms with Gasteiger partial charge in [-0.2, -0.15) is 0 Å². The van der Waals surface area contributed by atoms with Crippen LogP contribution >= 0.6 is 11.6 Å². The largest absolute Gasteiger partial charge is 0.493 e. The first kappa shape index (κ1) is 17.4. The van der Waals surface area contributed by atoms with Gasteiger partial charge in [-0.15, -0.1) is 0 Å². The minimum absolute atomic E-state index is 0.322. The van der Waals surface area contributed by atoms with Crippen molar-refractivity contribution in [2.24, 2.45) is 5.73 Å². The van der Waals surface area contributed by atoms with Gasteiger partial charge in [0.25, 0.3) is 5.91 Å². The van der Waals surface area contributed by atoms with Crippen LogP contribution in [0.25, 0.3) is 0 Å². The number of hydrogen-bond donors (Lipinski definition) is 2. The van der Waals surface area contributed by atoms with Gasteiger partial charge in [0.1, 0.15) is 0 Å². The molecule has 0 saturated heterocycles. The predicted octanol–water partition coefficient (Wildman–Crippen LogP) is 2.34. The molecular weight excluding hydrogens is 334 g/mol. The molecule has 126 valence electrons. The van der Waals surface area contributed by atoms with E-state index in [1.54, 1.807) is 48.5 Å². The zero-order valence-corrected chi connectivity index (χ0v) is 13.6. The Bertz CT molecular complexity index is 722. The van der Waals surface area contributed by atoms with Crippen LogP contribution in [0.5, 0.6) is 11.5 Å². The molecule has 0 spiro atoms. The van der Waals surface area contributed by atoms with E-state index in [-0.39, 0.29) is 6.61 Å². The lowest BCUT2D eigenvalue weighted by atomic mass is 10.3. The lowest BCUT2D eigenvalue weighted by Crippen LogP contribution is -2.50. The van der Waals surface area contributed by atoms with Crippen LogP contribution in [0.2, 0.25) is 5.02 Å². The summed E-state index contributed by atoms with van der Waals surface area (Å²) < 4.78 is 10.5. The van der Waals surface area contributed by atoms with Crippen molar-refractivity contribution in [3.63, 3.8) is 0 Å². The lowest BCUT2D eigenvalue weighted by molar-refractivity contribution is -0.123. The van der Waals surface area contributed by atoms with Crippen LogP contribution < -0.4 is 25.6 Å². The van der Waals surface area contributed by atoms with Crippen LogP contribution in [0.4, 0.5) is 10.5 Å². The Morgan fingerprint density at radius 1 is 1.12 bits per heavy atom. The number of methoxy groups -OCH3 is 1. The molecule has 2 rings (SSSR count). The van der Waals surface area contributed by atoms with Gasteiger partial charge in [0.05, 0.1) is 12.8 Å². The summed E-state index contributed by atoms with van der Waals surface area (Å²) in [6, 6.07) is 12.3. The molecule has 0 aliphatic rings. The van der Waals surface area contributed by atoms with Crippen LogP contribution in [0, 0.1) is 0 Å². The Kier molecular flexibility index (Phi) is 5.86. The number of nitrogens with one attached hydrogen (secondary N) is 1. The molecule has 2 aromatic rings. The standard InChI is InChI=1S/C16H16ClN3O4/c1-23-13-4-2-3-5-14(13)24-10-15(21)19-20(16(18)22)12-8-6-11(17)7-9-12/h2-9H,10H2,1H3,(H2,18,22)(H,19,21). The van der Waals surface area contributed by atoms with Gasteiger partial charge < -0.3 is 15.2 Å². The van der Waals surface area contributed by atoms with E-state index < -0.39 is 11.9 Å². The number of rotatable bonds is 5. The number of hydrazine groups is 1. The number of hydrogen-bond acceptors (Lipinski definition) is 4. The van der Waals surface area contributed by atoms with E-state index in [4.69, 9.17) is 26.8 Å². The van der Waals surface area contributed by atoms with Crippen molar-refractivity contribution in [2.75, 3.05) is 18.7 Å². The monoisotopic (exact) mass is 349 g/mol. The number of benzene rings is 2. The average Bonchev–Trinajstić information content (AvgIpc) is 2.58. The van der Waals surface area contributed by atoms with Crippen molar-refractivity contribution in [1.82, 2.24) is 5.43 Å². The summed E-state index contributed by atoms with van der Waals surface area (Å²) in [7, 11) is 1.50. The molecule has 3 amide bonds. The van der Waals surface area contributed by atoms with E-state index in [1.807, 2.05) is 0 Å². The Morgan fingerprint density at radius 2 is 1.75 bits per heavy atom. The second-order valence-electron chi connectivity index (χ2n) is 4.62. The van der Waals surface area contributed by atoms with Gasteiger partial charge in [-0.25, -0.2) is 9.80 Å². The molecule has 0 radical (unpaired) electrons. The number of carbonyl (C=O) groups excluding carboxylic acids is 2. The highest BCUT2D eigenvalue weighted by molar-refractivity contribution is 6.30. The van der Waals surface area contributed by atoms with Gasteiger partial charge in [0.2, 0.25) is 0 Å². The summed E-state index contributed by atoms with van der Waals surface area (Å²) >= 11 is 5.79. The molecule has 0 aliphatic heterocycles. The minimum atomic E-state index is -0.844. The molecule has 8 heteroatoms. The normalized spacial score (nSPS) is 9.92. The highest BCUT2D eigenvalue weighted by Gasteiger charge is 2.16. The van der Waals surface area contributed by atoms with Gasteiger partial charge in [0.15, 0.2) is 18.1 Å². The fraction of sp³-hybridized carbons (Fsp3) is 0.125. The third-order valence-electron chi connectivity index (χ3n) is 2.97. The maximum atomic E-state index is 12.0. The number of para-hydroxylation sites is 2. The summed E-state index contributed by atoms with van der Waals surface area (Å²) in [5, 5.41) is 1.40. The summed E-state index contributed by atoms with van der Waals surface area (Å²) in [5.74, 6) is 0.344. The second-order valence-corrected chi connectivity index (χ2v) is 5.06. The third kappa shape index (κ3) is 4.53. The molecule has 24 heavy (non-hydrogen) atoms. The lowest BCUT2D eigenvalue weighted by Gasteiger charge is -2.21. The van der Waals surface area contributed by atoms with Gasteiger partial charge in [0, 0.05) is 5.02 Å². The number of carbonyl (C=O) groups is 2. The highest BCUT2D eigenvalue weighted by atomic mass is 35.5. The Balaban J connectivity index is 2.01. The Labute approximate surface area is 143 Å². The summed E-state index contributed by atoms with van der Waals surface area (Å²) in [6.07, 6.45) is 0. The average molecular weight is 350 g/mol. The zero-order chi connectivity index (χ0) is 17.5. The van der Waals surface area contributed by atoms with Crippen LogP contribution in [0.3, 0.4) is 0 Å². The summed E-state index contributed by atoms with van der Waals surface area (Å²) in [4.78, 5) is 23.6. The van der Waals surface area contributed by atoms with E-state index in [9.17, 15) is 9.59 Å². The number of ether oxygens (including phenoxy) is 2. The predicted molar refractivity (Wildman–Crippen MR) is 90.1 cm³/mol. The first-order valence-electron chi connectivity index (χ1n) is 6.91. The Morgan fingerprint density at radius 3 is 2.33 bits per heavy atom. The SMILES string of the molecule is COc1ccccc1OCC(=O)NN(C(N)=O)c1ccc(Cl)cc1. The molecule has 3 N–H and O–H groups in total. The molecule has 0 fully saturated rings. The highest BCUT2D eigenvalue weighted by Crippen LogP contribution is 2.25. The minimum Gasteiger partial charge on any atom is -0.493 e. The van der Waals surface area contributed by atoms with Crippen molar-refractivity contribution in [1.29, 1.82) is 0 Å². The fourth-order valence-electron chi connectivity index (χ4n) is 1.88. The van der Waals surface area contributed by atoms with E-state index in [1.165, 1.54) is 7.11 Å². The molecule has 0 aromatic heterocycles. The van der Waals surface area contributed by atoms with Gasteiger partial charge >= 0.3 is 6.03 Å². The quantitative estimate of drug-likeness (QED) is 0.810. The zero-order valence-electron chi connectivity index (χ0n) is 12.9. The fourth-order valence-corrected chi connectivity index (χ4v) is 2.00. The number of nitrogens with two attached hydrogens (primary N) is 1. The number of halogens is 1. The van der Waals surface area contributed by atoms with E-state index in [0.717, 1.165) is 5.01 Å². The van der Waals surface area contributed by atoms with Crippen LogP contribution in [0.15, 0.2) is 48.5 Å². The number of urea groups is 1. The molecule has 0 saturated carbocycles. The van der Waals surface area contributed by atoms with Crippen molar-refractivity contribution < 1.29 is 19.1 Å². The molecule has 2 aromatic carbocycles. The summed E-state index contributed by atoms with van der Waals surface area (Å²) in [6.45, 7) is -0.322. The van der Waals surface area contributed by atoms with Gasteiger partial charge in [-0.1, -0.05) is 23.7 Å². The first-order valence-corrected chi connectivity index (χ1v) is 7.29. The van der Waals surface area contributed by atoms with E-state index in [2.05, 4.69) is 5.43 Å². The van der Waals surface area contributed by atoms with Crippen molar-refractivity contribution in [3.05, 3.63) is 53.6 Å². The van der Waals surface area contributed by atoms with Gasteiger partial charge in [-0.3, -0.25) is 10.2 Å². The molecule has 7 nitrogen and oxygen atoms in total. The van der Waals surface area contributed by atoms with Crippen LogP contribution in [-0.4, -0.2) is 25.7 Å². The van der Waals surface area contributed by atoms with Gasteiger partial charge in [-0.05, 0) is 36.4 Å².